The van der Waals surface area contributed by atoms with E-state index in [4.69, 9.17) is 10.5 Å². The number of fused-ring (bicyclic) bond motifs is 1. The van der Waals surface area contributed by atoms with Crippen molar-refractivity contribution in [2.45, 2.75) is 57.6 Å². The Balaban J connectivity index is 1.93. The molecule has 108 valence electrons. The SMILES string of the molecule is CC(C)(C)c1cc2c(OC3CCC(N)C3)nccn2n1. The highest BCUT2D eigenvalue weighted by Crippen LogP contribution is 2.28. The van der Waals surface area contributed by atoms with E-state index in [0.717, 1.165) is 30.5 Å². The van der Waals surface area contributed by atoms with Crippen LogP contribution in [0.15, 0.2) is 18.5 Å². The second-order valence-electron chi connectivity index (χ2n) is 6.65. The number of hydrogen-bond acceptors (Lipinski definition) is 4. The Hall–Kier alpha value is -1.62. The van der Waals surface area contributed by atoms with Gasteiger partial charge in [-0.1, -0.05) is 20.8 Å². The monoisotopic (exact) mass is 274 g/mol. The van der Waals surface area contributed by atoms with Gasteiger partial charge in [0.15, 0.2) is 0 Å². The molecule has 5 heteroatoms. The smallest absolute Gasteiger partial charge is 0.240 e. The fourth-order valence-electron chi connectivity index (χ4n) is 2.59. The van der Waals surface area contributed by atoms with E-state index in [-0.39, 0.29) is 17.6 Å². The zero-order valence-electron chi connectivity index (χ0n) is 12.3. The summed E-state index contributed by atoms with van der Waals surface area (Å²) in [5.74, 6) is 0.662. The standard InChI is InChI=1S/C15H22N4O/c1-15(2,3)13-9-12-14(17-6-7-19(12)18-13)20-11-5-4-10(16)8-11/h6-7,9-11H,4-5,8,16H2,1-3H3. The fourth-order valence-corrected chi connectivity index (χ4v) is 2.59. The lowest BCUT2D eigenvalue weighted by Gasteiger charge is -2.13. The van der Waals surface area contributed by atoms with Gasteiger partial charge >= 0.3 is 0 Å². The van der Waals surface area contributed by atoms with Gasteiger partial charge in [0.05, 0.1) is 5.69 Å². The number of hydrogen-bond donors (Lipinski definition) is 1. The third-order valence-electron chi connectivity index (χ3n) is 3.83. The zero-order valence-corrected chi connectivity index (χ0v) is 12.3. The van der Waals surface area contributed by atoms with Crippen molar-refractivity contribution in [2.75, 3.05) is 0 Å². The lowest BCUT2D eigenvalue weighted by Crippen LogP contribution is -2.19. The molecular formula is C15H22N4O. The first-order valence-electron chi connectivity index (χ1n) is 7.20. The first kappa shape index (κ1) is 13.4. The van der Waals surface area contributed by atoms with E-state index in [1.54, 1.807) is 6.20 Å². The number of aromatic nitrogens is 3. The van der Waals surface area contributed by atoms with Crippen molar-refractivity contribution in [2.24, 2.45) is 5.73 Å². The van der Waals surface area contributed by atoms with Crippen molar-refractivity contribution >= 4 is 5.52 Å². The van der Waals surface area contributed by atoms with Gasteiger partial charge in [0.2, 0.25) is 5.88 Å². The van der Waals surface area contributed by atoms with E-state index in [1.807, 2.05) is 10.7 Å². The van der Waals surface area contributed by atoms with Crippen LogP contribution in [0.1, 0.15) is 45.7 Å². The molecule has 1 aliphatic rings. The average molecular weight is 274 g/mol. The van der Waals surface area contributed by atoms with E-state index in [0.29, 0.717) is 5.88 Å². The van der Waals surface area contributed by atoms with Crippen molar-refractivity contribution in [3.8, 4) is 5.88 Å². The number of nitrogens with zero attached hydrogens (tertiary/aromatic N) is 3. The van der Waals surface area contributed by atoms with Gasteiger partial charge in [0, 0.05) is 23.9 Å². The Kier molecular flexibility index (Phi) is 3.17. The lowest BCUT2D eigenvalue weighted by atomic mass is 9.92. The molecular weight excluding hydrogens is 252 g/mol. The van der Waals surface area contributed by atoms with Gasteiger partial charge in [0.25, 0.3) is 0 Å². The molecule has 1 fully saturated rings. The molecule has 1 aliphatic carbocycles. The predicted octanol–water partition coefficient (Wildman–Crippen LogP) is 2.29. The third kappa shape index (κ3) is 2.50. The van der Waals surface area contributed by atoms with Gasteiger partial charge in [0.1, 0.15) is 11.6 Å². The first-order chi connectivity index (χ1) is 9.43. The predicted molar refractivity (Wildman–Crippen MR) is 77.9 cm³/mol. The Morgan fingerprint density at radius 3 is 2.80 bits per heavy atom. The van der Waals surface area contributed by atoms with Crippen molar-refractivity contribution < 1.29 is 4.74 Å². The topological polar surface area (TPSA) is 65.4 Å². The highest BCUT2D eigenvalue weighted by atomic mass is 16.5. The minimum Gasteiger partial charge on any atom is -0.473 e. The molecule has 2 aromatic heterocycles. The first-order valence-corrected chi connectivity index (χ1v) is 7.20. The van der Waals surface area contributed by atoms with Crippen molar-refractivity contribution in [3.63, 3.8) is 0 Å². The summed E-state index contributed by atoms with van der Waals surface area (Å²) in [7, 11) is 0. The minimum atomic E-state index is 0.0129. The van der Waals surface area contributed by atoms with Crippen LogP contribution in [0.2, 0.25) is 0 Å². The van der Waals surface area contributed by atoms with E-state index >= 15 is 0 Å². The Morgan fingerprint density at radius 2 is 2.15 bits per heavy atom. The molecule has 0 saturated heterocycles. The lowest BCUT2D eigenvalue weighted by molar-refractivity contribution is 0.201. The highest BCUT2D eigenvalue weighted by Gasteiger charge is 2.25. The van der Waals surface area contributed by atoms with Crippen molar-refractivity contribution in [1.82, 2.24) is 14.6 Å². The van der Waals surface area contributed by atoms with Gasteiger partial charge in [-0.2, -0.15) is 5.10 Å². The van der Waals surface area contributed by atoms with E-state index in [2.05, 4.69) is 36.9 Å². The summed E-state index contributed by atoms with van der Waals surface area (Å²) in [5, 5.41) is 4.61. The van der Waals surface area contributed by atoms with Gasteiger partial charge in [-0.15, -0.1) is 0 Å². The van der Waals surface area contributed by atoms with Crippen LogP contribution in [0.5, 0.6) is 5.88 Å². The normalized spacial score (nSPS) is 23.4. The summed E-state index contributed by atoms with van der Waals surface area (Å²) in [6, 6.07) is 2.33. The minimum absolute atomic E-state index is 0.0129. The Bertz CT molecular complexity index is 614. The molecule has 2 unspecified atom stereocenters. The quantitative estimate of drug-likeness (QED) is 0.912. The van der Waals surface area contributed by atoms with Gasteiger partial charge in [-0.3, -0.25) is 0 Å². The second-order valence-corrected chi connectivity index (χ2v) is 6.65. The van der Waals surface area contributed by atoms with Crippen LogP contribution < -0.4 is 10.5 Å². The average Bonchev–Trinajstić information content (AvgIpc) is 2.95. The Morgan fingerprint density at radius 1 is 1.35 bits per heavy atom. The summed E-state index contributed by atoms with van der Waals surface area (Å²) in [6.07, 6.45) is 6.71. The summed E-state index contributed by atoms with van der Waals surface area (Å²) in [5.41, 5.74) is 7.92. The Labute approximate surface area is 119 Å². The molecule has 2 N–H and O–H groups in total. The number of rotatable bonds is 2. The maximum atomic E-state index is 6.03. The third-order valence-corrected chi connectivity index (χ3v) is 3.83. The fraction of sp³-hybridized carbons (Fsp3) is 0.600. The van der Waals surface area contributed by atoms with Crippen LogP contribution in [0.4, 0.5) is 0 Å². The second kappa shape index (κ2) is 4.74. The molecule has 0 bridgehead atoms. The van der Waals surface area contributed by atoms with Crippen LogP contribution in [-0.4, -0.2) is 26.7 Å². The van der Waals surface area contributed by atoms with Crippen LogP contribution in [0.3, 0.4) is 0 Å². The largest absolute Gasteiger partial charge is 0.473 e. The molecule has 0 aromatic carbocycles. The molecule has 20 heavy (non-hydrogen) atoms. The zero-order chi connectivity index (χ0) is 14.3. The van der Waals surface area contributed by atoms with Gasteiger partial charge in [-0.25, -0.2) is 9.50 Å². The maximum Gasteiger partial charge on any atom is 0.240 e. The molecule has 0 spiro atoms. The van der Waals surface area contributed by atoms with E-state index in [9.17, 15) is 0 Å². The van der Waals surface area contributed by atoms with Crippen molar-refractivity contribution in [1.29, 1.82) is 0 Å². The molecule has 0 radical (unpaired) electrons. The van der Waals surface area contributed by atoms with Gasteiger partial charge < -0.3 is 10.5 Å². The molecule has 2 aromatic rings. The highest BCUT2D eigenvalue weighted by molar-refractivity contribution is 5.57. The van der Waals surface area contributed by atoms with Crippen molar-refractivity contribution in [3.05, 3.63) is 24.2 Å². The van der Waals surface area contributed by atoms with E-state index in [1.165, 1.54) is 0 Å². The number of nitrogens with two attached hydrogens (primary N) is 1. The number of ether oxygens (including phenoxy) is 1. The maximum absolute atomic E-state index is 6.03. The molecule has 0 aliphatic heterocycles. The molecule has 2 heterocycles. The van der Waals surface area contributed by atoms with Crippen LogP contribution in [0, 0.1) is 0 Å². The van der Waals surface area contributed by atoms with Crippen LogP contribution >= 0.6 is 0 Å². The molecule has 1 saturated carbocycles. The molecule has 5 nitrogen and oxygen atoms in total. The van der Waals surface area contributed by atoms with Gasteiger partial charge in [-0.05, 0) is 25.3 Å². The van der Waals surface area contributed by atoms with Crippen LogP contribution in [-0.2, 0) is 5.41 Å². The summed E-state index contributed by atoms with van der Waals surface area (Å²) >= 11 is 0. The van der Waals surface area contributed by atoms with E-state index < -0.39 is 0 Å². The molecule has 2 atom stereocenters. The summed E-state index contributed by atoms with van der Waals surface area (Å²) in [6.45, 7) is 6.45. The summed E-state index contributed by atoms with van der Waals surface area (Å²) < 4.78 is 7.88. The van der Waals surface area contributed by atoms with Crippen LogP contribution in [0.25, 0.3) is 5.52 Å². The molecule has 3 rings (SSSR count). The summed E-state index contributed by atoms with van der Waals surface area (Å²) in [4.78, 5) is 4.37. The molecule has 0 amide bonds.